The zero-order valence-electron chi connectivity index (χ0n) is 11.4. The molecule has 0 aliphatic carbocycles. The van der Waals surface area contributed by atoms with Crippen LogP contribution in [0.5, 0.6) is 5.75 Å². The number of hydrogen-bond acceptors (Lipinski definition) is 4. The van der Waals surface area contributed by atoms with Crippen LogP contribution in [0.15, 0.2) is 36.4 Å². The first kappa shape index (κ1) is 17.3. The van der Waals surface area contributed by atoms with Crippen molar-refractivity contribution in [1.82, 2.24) is 0 Å². The minimum Gasteiger partial charge on any atom is -0.482 e. The molecule has 23 heavy (non-hydrogen) atoms. The standard InChI is InChI=1S/C14H9Cl3N2O4/c15-10-5-12(17)13(6-11(10)16)23-7-14(20)18-8-2-1-3-9(4-8)19(21)22/h1-6H,7H2,(H,18,20). The van der Waals surface area contributed by atoms with E-state index in [0.29, 0.717) is 0 Å². The molecule has 0 fully saturated rings. The summed E-state index contributed by atoms with van der Waals surface area (Å²) in [6, 6.07) is 8.35. The highest BCUT2D eigenvalue weighted by Crippen LogP contribution is 2.33. The second-order valence-electron chi connectivity index (χ2n) is 4.34. The van der Waals surface area contributed by atoms with Gasteiger partial charge in [-0.2, -0.15) is 0 Å². The Balaban J connectivity index is 1.99. The fraction of sp³-hybridized carbons (Fsp3) is 0.0714. The van der Waals surface area contributed by atoms with Crippen LogP contribution in [0.3, 0.4) is 0 Å². The fourth-order valence-electron chi connectivity index (χ4n) is 1.65. The van der Waals surface area contributed by atoms with Crippen LogP contribution in [-0.2, 0) is 4.79 Å². The van der Waals surface area contributed by atoms with E-state index >= 15 is 0 Å². The number of carbonyl (C=O) groups is 1. The number of ether oxygens (including phenoxy) is 1. The topological polar surface area (TPSA) is 81.5 Å². The van der Waals surface area contributed by atoms with Crippen LogP contribution in [0.25, 0.3) is 0 Å². The van der Waals surface area contributed by atoms with Crippen LogP contribution in [0.1, 0.15) is 0 Å². The molecule has 0 aliphatic heterocycles. The number of nitrogens with zero attached hydrogens (tertiary/aromatic N) is 1. The van der Waals surface area contributed by atoms with Crippen molar-refractivity contribution in [2.24, 2.45) is 0 Å². The van der Waals surface area contributed by atoms with Crippen molar-refractivity contribution in [1.29, 1.82) is 0 Å². The number of anilines is 1. The van der Waals surface area contributed by atoms with Gasteiger partial charge < -0.3 is 10.1 Å². The highest BCUT2D eigenvalue weighted by atomic mass is 35.5. The summed E-state index contributed by atoms with van der Waals surface area (Å²) in [5.41, 5.74) is 0.157. The molecule has 0 unspecified atom stereocenters. The van der Waals surface area contributed by atoms with Crippen LogP contribution in [0.2, 0.25) is 15.1 Å². The van der Waals surface area contributed by atoms with Gasteiger partial charge in [0, 0.05) is 23.9 Å². The van der Waals surface area contributed by atoms with Crippen molar-refractivity contribution in [3.63, 3.8) is 0 Å². The summed E-state index contributed by atoms with van der Waals surface area (Å²) in [7, 11) is 0. The second-order valence-corrected chi connectivity index (χ2v) is 5.56. The minimum atomic E-state index is -0.554. The van der Waals surface area contributed by atoms with E-state index in [9.17, 15) is 14.9 Å². The predicted molar refractivity (Wildman–Crippen MR) is 88.7 cm³/mol. The van der Waals surface area contributed by atoms with E-state index in [-0.39, 0.29) is 38.8 Å². The van der Waals surface area contributed by atoms with Gasteiger partial charge in [-0.3, -0.25) is 14.9 Å². The lowest BCUT2D eigenvalue weighted by Gasteiger charge is -2.09. The number of rotatable bonds is 5. The smallest absolute Gasteiger partial charge is 0.271 e. The largest absolute Gasteiger partial charge is 0.482 e. The molecule has 2 rings (SSSR count). The first-order chi connectivity index (χ1) is 10.9. The van der Waals surface area contributed by atoms with Gasteiger partial charge in [0.05, 0.1) is 20.0 Å². The maximum atomic E-state index is 11.8. The van der Waals surface area contributed by atoms with Gasteiger partial charge in [-0.05, 0) is 12.1 Å². The lowest BCUT2D eigenvalue weighted by molar-refractivity contribution is -0.384. The first-order valence-corrected chi connectivity index (χ1v) is 7.32. The molecule has 0 aromatic heterocycles. The second kappa shape index (κ2) is 7.50. The van der Waals surface area contributed by atoms with Gasteiger partial charge in [-0.25, -0.2) is 0 Å². The molecule has 0 aliphatic rings. The third-order valence-corrected chi connectivity index (χ3v) is 3.69. The van der Waals surface area contributed by atoms with Crippen molar-refractivity contribution < 1.29 is 14.5 Å². The van der Waals surface area contributed by atoms with Crippen LogP contribution in [-0.4, -0.2) is 17.4 Å². The Bertz CT molecular complexity index is 768. The Morgan fingerprint density at radius 1 is 1.13 bits per heavy atom. The van der Waals surface area contributed by atoms with Crippen LogP contribution in [0.4, 0.5) is 11.4 Å². The van der Waals surface area contributed by atoms with Gasteiger partial charge >= 0.3 is 0 Å². The molecule has 2 aromatic rings. The summed E-state index contributed by atoms with van der Waals surface area (Å²) in [5.74, 6) is -0.303. The van der Waals surface area contributed by atoms with Crippen molar-refractivity contribution >= 4 is 52.1 Å². The number of non-ortho nitro benzene ring substituents is 1. The molecule has 0 spiro atoms. The first-order valence-electron chi connectivity index (χ1n) is 6.18. The molecule has 9 heteroatoms. The van der Waals surface area contributed by atoms with Gasteiger partial charge in [0.2, 0.25) is 0 Å². The fourth-order valence-corrected chi connectivity index (χ4v) is 2.24. The van der Waals surface area contributed by atoms with Crippen molar-refractivity contribution in [3.8, 4) is 5.75 Å². The Morgan fingerprint density at radius 2 is 1.83 bits per heavy atom. The Labute approximate surface area is 146 Å². The molecular formula is C14H9Cl3N2O4. The molecule has 0 radical (unpaired) electrons. The number of amides is 1. The van der Waals surface area contributed by atoms with Crippen molar-refractivity contribution in [2.45, 2.75) is 0 Å². The van der Waals surface area contributed by atoms with Gasteiger partial charge in [0.15, 0.2) is 6.61 Å². The van der Waals surface area contributed by atoms with E-state index in [4.69, 9.17) is 39.5 Å². The molecule has 2 aromatic carbocycles. The Kier molecular flexibility index (Phi) is 5.65. The number of carbonyl (C=O) groups excluding carboxylic acids is 1. The van der Waals surface area contributed by atoms with E-state index in [1.165, 1.54) is 36.4 Å². The lowest BCUT2D eigenvalue weighted by Crippen LogP contribution is -2.20. The molecule has 6 nitrogen and oxygen atoms in total. The third kappa shape index (κ3) is 4.72. The summed E-state index contributed by atoms with van der Waals surface area (Å²) in [5, 5.41) is 13.9. The SMILES string of the molecule is O=C(COc1cc(Cl)c(Cl)cc1Cl)Nc1cccc([N+](=O)[O-])c1. The van der Waals surface area contributed by atoms with Crippen LogP contribution < -0.4 is 10.1 Å². The molecule has 0 bridgehead atoms. The maximum Gasteiger partial charge on any atom is 0.271 e. The number of nitro groups is 1. The number of hydrogen-bond donors (Lipinski definition) is 1. The summed E-state index contributed by atoms with van der Waals surface area (Å²) in [6.07, 6.45) is 0. The van der Waals surface area contributed by atoms with E-state index in [1.54, 1.807) is 0 Å². The minimum absolute atomic E-state index is 0.128. The van der Waals surface area contributed by atoms with E-state index in [1.807, 2.05) is 0 Å². The van der Waals surface area contributed by atoms with E-state index in [2.05, 4.69) is 5.32 Å². The van der Waals surface area contributed by atoms with Gasteiger partial charge in [0.25, 0.3) is 11.6 Å². The van der Waals surface area contributed by atoms with Gasteiger partial charge in [0.1, 0.15) is 5.75 Å². The van der Waals surface area contributed by atoms with Gasteiger partial charge in [-0.15, -0.1) is 0 Å². The molecule has 0 heterocycles. The molecule has 1 N–H and O–H groups in total. The van der Waals surface area contributed by atoms with E-state index < -0.39 is 10.8 Å². The van der Waals surface area contributed by atoms with Gasteiger partial charge in [-0.1, -0.05) is 40.9 Å². The summed E-state index contributed by atoms with van der Waals surface area (Å²) in [6.45, 7) is -0.347. The average Bonchev–Trinajstić information content (AvgIpc) is 2.50. The molecule has 0 saturated heterocycles. The van der Waals surface area contributed by atoms with E-state index in [0.717, 1.165) is 0 Å². The molecule has 0 saturated carbocycles. The summed E-state index contributed by atoms with van der Waals surface area (Å²) >= 11 is 17.6. The molecule has 1 amide bonds. The Hall–Kier alpha value is -2.02. The molecule has 120 valence electrons. The number of nitro benzene ring substituents is 1. The monoisotopic (exact) mass is 374 g/mol. The van der Waals surface area contributed by atoms with Crippen molar-refractivity contribution in [2.75, 3.05) is 11.9 Å². The number of halogens is 3. The Morgan fingerprint density at radius 3 is 2.52 bits per heavy atom. The zero-order chi connectivity index (χ0) is 17.0. The van der Waals surface area contributed by atoms with Crippen LogP contribution >= 0.6 is 34.8 Å². The maximum absolute atomic E-state index is 11.8. The third-order valence-electron chi connectivity index (χ3n) is 2.67. The summed E-state index contributed by atoms with van der Waals surface area (Å²) < 4.78 is 5.26. The average molecular weight is 376 g/mol. The molecule has 0 atom stereocenters. The quantitative estimate of drug-likeness (QED) is 0.471. The normalized spacial score (nSPS) is 10.2. The number of nitrogens with one attached hydrogen (secondary N) is 1. The lowest BCUT2D eigenvalue weighted by atomic mass is 10.3. The number of benzene rings is 2. The highest BCUT2D eigenvalue weighted by molar-refractivity contribution is 6.43. The molecular weight excluding hydrogens is 367 g/mol. The predicted octanol–water partition coefficient (Wildman–Crippen LogP) is 4.57. The van der Waals surface area contributed by atoms with Crippen molar-refractivity contribution in [3.05, 3.63) is 61.6 Å². The summed E-state index contributed by atoms with van der Waals surface area (Å²) in [4.78, 5) is 21.9. The highest BCUT2D eigenvalue weighted by Gasteiger charge is 2.11. The van der Waals surface area contributed by atoms with Crippen LogP contribution in [0, 0.1) is 10.1 Å². The zero-order valence-corrected chi connectivity index (χ0v) is 13.7.